The summed E-state index contributed by atoms with van der Waals surface area (Å²) in [5.41, 5.74) is 6.52. The highest BCUT2D eigenvalue weighted by Gasteiger charge is 2.17. The van der Waals surface area contributed by atoms with Crippen molar-refractivity contribution in [1.29, 1.82) is 0 Å². The summed E-state index contributed by atoms with van der Waals surface area (Å²) in [5.74, 6) is -0.123. The molecule has 0 aliphatic carbocycles. The molecule has 1 aromatic rings. The normalized spacial score (nSPS) is 10.3. The number of likely N-dealkylation sites (N-methyl/N-ethyl adjacent to an activating group) is 1. The fourth-order valence-corrected chi connectivity index (χ4v) is 1.70. The molecular formula is C12H17ClN2O2. The third-order valence-electron chi connectivity index (χ3n) is 2.49. The van der Waals surface area contributed by atoms with Gasteiger partial charge < -0.3 is 15.4 Å². The first kappa shape index (κ1) is 13.8. The van der Waals surface area contributed by atoms with Crippen molar-refractivity contribution >= 4 is 23.2 Å². The summed E-state index contributed by atoms with van der Waals surface area (Å²) < 4.78 is 4.96. The maximum absolute atomic E-state index is 12.2. The standard InChI is InChI=1S/C12H17ClN2O2/c1-3-15(7-8-17-2)12(16)9-5-4-6-10(14)11(9)13/h4-6H,3,7-8,14H2,1-2H3. The lowest BCUT2D eigenvalue weighted by molar-refractivity contribution is 0.0706. The topological polar surface area (TPSA) is 55.6 Å². The van der Waals surface area contributed by atoms with Gasteiger partial charge in [-0.3, -0.25) is 4.79 Å². The SMILES string of the molecule is CCN(CCOC)C(=O)c1cccc(N)c1Cl. The van der Waals surface area contributed by atoms with Crippen LogP contribution in [0.3, 0.4) is 0 Å². The zero-order valence-electron chi connectivity index (χ0n) is 10.1. The zero-order valence-corrected chi connectivity index (χ0v) is 10.8. The number of amides is 1. The van der Waals surface area contributed by atoms with Crippen LogP contribution in [0.1, 0.15) is 17.3 Å². The predicted octanol–water partition coefficient (Wildman–Crippen LogP) is 2.03. The number of anilines is 1. The summed E-state index contributed by atoms with van der Waals surface area (Å²) in [6, 6.07) is 5.07. The predicted molar refractivity (Wildman–Crippen MR) is 69.3 cm³/mol. The van der Waals surface area contributed by atoms with Crippen LogP contribution in [0.4, 0.5) is 5.69 Å². The number of nitrogen functional groups attached to an aromatic ring is 1. The van der Waals surface area contributed by atoms with Crippen LogP contribution < -0.4 is 5.73 Å². The molecule has 0 aliphatic rings. The summed E-state index contributed by atoms with van der Waals surface area (Å²) in [6.07, 6.45) is 0. The van der Waals surface area contributed by atoms with Crippen molar-refractivity contribution in [2.75, 3.05) is 32.5 Å². The van der Waals surface area contributed by atoms with E-state index in [1.165, 1.54) is 0 Å². The molecule has 2 N–H and O–H groups in total. The Hall–Kier alpha value is -1.26. The Labute approximate surface area is 106 Å². The molecule has 4 nitrogen and oxygen atoms in total. The highest BCUT2D eigenvalue weighted by atomic mass is 35.5. The van der Waals surface area contributed by atoms with Gasteiger partial charge >= 0.3 is 0 Å². The quantitative estimate of drug-likeness (QED) is 0.820. The second kappa shape index (κ2) is 6.47. The first-order valence-corrected chi connectivity index (χ1v) is 5.81. The lowest BCUT2D eigenvalue weighted by atomic mass is 10.1. The minimum Gasteiger partial charge on any atom is -0.398 e. The molecule has 1 amide bonds. The van der Waals surface area contributed by atoms with Gasteiger partial charge in [0.2, 0.25) is 0 Å². The number of hydrogen-bond donors (Lipinski definition) is 1. The number of benzene rings is 1. The molecule has 5 heteroatoms. The molecule has 0 unspecified atom stereocenters. The van der Waals surface area contributed by atoms with Crippen molar-refractivity contribution in [3.05, 3.63) is 28.8 Å². The van der Waals surface area contributed by atoms with Gasteiger partial charge in [0.25, 0.3) is 5.91 Å². The number of methoxy groups -OCH3 is 1. The summed E-state index contributed by atoms with van der Waals surface area (Å²) in [7, 11) is 1.60. The molecule has 0 aromatic heterocycles. The van der Waals surface area contributed by atoms with Crippen LogP contribution in [0.5, 0.6) is 0 Å². The molecule has 1 rings (SSSR count). The summed E-state index contributed by atoms with van der Waals surface area (Å²) in [6.45, 7) is 3.55. The summed E-state index contributed by atoms with van der Waals surface area (Å²) in [4.78, 5) is 13.9. The number of hydrogen-bond acceptors (Lipinski definition) is 3. The maximum Gasteiger partial charge on any atom is 0.255 e. The van der Waals surface area contributed by atoms with Gasteiger partial charge in [0, 0.05) is 20.2 Å². The van der Waals surface area contributed by atoms with Gasteiger partial charge in [0.1, 0.15) is 0 Å². The largest absolute Gasteiger partial charge is 0.398 e. The Morgan fingerprint density at radius 2 is 2.24 bits per heavy atom. The van der Waals surface area contributed by atoms with Gasteiger partial charge in [0.15, 0.2) is 0 Å². The van der Waals surface area contributed by atoms with E-state index in [1.54, 1.807) is 30.2 Å². The second-order valence-electron chi connectivity index (χ2n) is 3.59. The van der Waals surface area contributed by atoms with Crippen molar-refractivity contribution in [3.63, 3.8) is 0 Å². The van der Waals surface area contributed by atoms with Crippen molar-refractivity contribution in [2.45, 2.75) is 6.92 Å². The van der Waals surface area contributed by atoms with Gasteiger partial charge in [-0.25, -0.2) is 0 Å². The van der Waals surface area contributed by atoms with Crippen molar-refractivity contribution in [3.8, 4) is 0 Å². The summed E-state index contributed by atoms with van der Waals surface area (Å²) in [5, 5.41) is 0.313. The van der Waals surface area contributed by atoms with Gasteiger partial charge in [-0.1, -0.05) is 17.7 Å². The van der Waals surface area contributed by atoms with Gasteiger partial charge in [-0.05, 0) is 19.1 Å². The van der Waals surface area contributed by atoms with E-state index in [-0.39, 0.29) is 5.91 Å². The number of carbonyl (C=O) groups is 1. The highest BCUT2D eigenvalue weighted by molar-refractivity contribution is 6.36. The molecule has 0 saturated heterocycles. The van der Waals surface area contributed by atoms with Crippen molar-refractivity contribution in [2.24, 2.45) is 0 Å². The molecule has 0 spiro atoms. The molecule has 17 heavy (non-hydrogen) atoms. The molecule has 0 saturated carbocycles. The molecule has 0 atom stereocenters. The van der Waals surface area contributed by atoms with Gasteiger partial charge in [-0.2, -0.15) is 0 Å². The van der Waals surface area contributed by atoms with Gasteiger partial charge in [0.05, 0.1) is 22.9 Å². The van der Waals surface area contributed by atoms with Crippen molar-refractivity contribution in [1.82, 2.24) is 4.90 Å². The zero-order chi connectivity index (χ0) is 12.8. The second-order valence-corrected chi connectivity index (χ2v) is 3.96. The van der Waals surface area contributed by atoms with Gasteiger partial charge in [-0.15, -0.1) is 0 Å². The minimum atomic E-state index is -0.123. The molecule has 0 fully saturated rings. The molecular weight excluding hydrogens is 240 g/mol. The number of nitrogens with zero attached hydrogens (tertiary/aromatic N) is 1. The van der Waals surface area contributed by atoms with E-state index in [0.717, 1.165) is 0 Å². The monoisotopic (exact) mass is 256 g/mol. The highest BCUT2D eigenvalue weighted by Crippen LogP contribution is 2.24. The first-order chi connectivity index (χ1) is 8.11. The Kier molecular flexibility index (Phi) is 5.25. The number of nitrogens with two attached hydrogens (primary N) is 1. The van der Waals surface area contributed by atoms with E-state index in [1.807, 2.05) is 6.92 Å². The van der Waals surface area contributed by atoms with Crippen LogP contribution in [0.15, 0.2) is 18.2 Å². The van der Waals surface area contributed by atoms with Crippen LogP contribution in [0.2, 0.25) is 5.02 Å². The smallest absolute Gasteiger partial charge is 0.255 e. The fourth-order valence-electron chi connectivity index (χ4n) is 1.49. The molecule has 0 radical (unpaired) electrons. The van der Waals surface area contributed by atoms with Crippen LogP contribution in [-0.4, -0.2) is 37.6 Å². The molecule has 0 aliphatic heterocycles. The minimum absolute atomic E-state index is 0.123. The third-order valence-corrected chi connectivity index (χ3v) is 2.92. The van der Waals surface area contributed by atoms with Crippen LogP contribution in [-0.2, 0) is 4.74 Å². The lowest BCUT2D eigenvalue weighted by Crippen LogP contribution is -2.33. The number of halogens is 1. The van der Waals surface area contributed by atoms with Crippen LogP contribution >= 0.6 is 11.6 Å². The Balaban J connectivity index is 2.90. The first-order valence-electron chi connectivity index (χ1n) is 5.44. The average molecular weight is 257 g/mol. The van der Waals surface area contributed by atoms with Crippen molar-refractivity contribution < 1.29 is 9.53 Å². The van der Waals surface area contributed by atoms with E-state index >= 15 is 0 Å². The number of rotatable bonds is 5. The Bertz CT molecular complexity index is 396. The fraction of sp³-hybridized carbons (Fsp3) is 0.417. The lowest BCUT2D eigenvalue weighted by Gasteiger charge is -2.21. The summed E-state index contributed by atoms with van der Waals surface area (Å²) >= 11 is 6.02. The molecule has 1 aromatic carbocycles. The van der Waals surface area contributed by atoms with E-state index in [4.69, 9.17) is 22.1 Å². The Morgan fingerprint density at radius 3 is 2.82 bits per heavy atom. The van der Waals surface area contributed by atoms with Crippen LogP contribution in [0.25, 0.3) is 0 Å². The van der Waals surface area contributed by atoms with E-state index in [0.29, 0.717) is 36.0 Å². The van der Waals surface area contributed by atoms with E-state index < -0.39 is 0 Å². The van der Waals surface area contributed by atoms with Crippen LogP contribution in [0, 0.1) is 0 Å². The maximum atomic E-state index is 12.2. The van der Waals surface area contributed by atoms with E-state index in [9.17, 15) is 4.79 Å². The number of ether oxygens (including phenoxy) is 1. The molecule has 94 valence electrons. The van der Waals surface area contributed by atoms with E-state index in [2.05, 4.69) is 0 Å². The third kappa shape index (κ3) is 3.35. The molecule has 0 bridgehead atoms. The molecule has 0 heterocycles. The Morgan fingerprint density at radius 1 is 1.53 bits per heavy atom. The average Bonchev–Trinajstić information content (AvgIpc) is 2.33. The number of carbonyl (C=O) groups excluding carboxylic acids is 1.